The smallest absolute Gasteiger partial charge is 0.227 e. The molecule has 0 atom stereocenters. The summed E-state index contributed by atoms with van der Waals surface area (Å²) in [6.07, 6.45) is 1.31. The Morgan fingerprint density at radius 2 is 2.13 bits per heavy atom. The van der Waals surface area contributed by atoms with Crippen LogP contribution in [0.3, 0.4) is 0 Å². The highest BCUT2D eigenvalue weighted by Gasteiger charge is 2.22. The van der Waals surface area contributed by atoms with E-state index in [9.17, 15) is 4.79 Å². The predicted molar refractivity (Wildman–Crippen MR) is 59.1 cm³/mol. The summed E-state index contributed by atoms with van der Waals surface area (Å²) in [7, 11) is 3.35. The Kier molecular flexibility index (Phi) is 2.26. The molecule has 4 nitrogen and oxygen atoms in total. The molecule has 0 aliphatic carbocycles. The van der Waals surface area contributed by atoms with E-state index in [1.165, 1.54) is 0 Å². The van der Waals surface area contributed by atoms with Gasteiger partial charge in [-0.3, -0.25) is 4.79 Å². The molecule has 80 valence electrons. The highest BCUT2D eigenvalue weighted by molar-refractivity contribution is 5.96. The van der Waals surface area contributed by atoms with Gasteiger partial charge in [0.05, 0.1) is 18.5 Å². The van der Waals surface area contributed by atoms with E-state index in [4.69, 9.17) is 10.5 Å². The fourth-order valence-electron chi connectivity index (χ4n) is 1.87. The fraction of sp³-hybridized carbons (Fsp3) is 0.364. The third-order valence-corrected chi connectivity index (χ3v) is 2.77. The molecule has 1 amide bonds. The van der Waals surface area contributed by atoms with Crippen molar-refractivity contribution in [1.29, 1.82) is 0 Å². The molecule has 0 unspecified atom stereocenters. The van der Waals surface area contributed by atoms with E-state index in [2.05, 4.69) is 0 Å². The topological polar surface area (TPSA) is 55.6 Å². The van der Waals surface area contributed by atoms with Gasteiger partial charge in [0.15, 0.2) is 0 Å². The quantitative estimate of drug-likeness (QED) is 0.702. The number of nitrogens with zero attached hydrogens (tertiary/aromatic N) is 1. The van der Waals surface area contributed by atoms with E-state index >= 15 is 0 Å². The minimum atomic E-state index is 0.134. The minimum Gasteiger partial charge on any atom is -0.495 e. The van der Waals surface area contributed by atoms with E-state index < -0.39 is 0 Å². The van der Waals surface area contributed by atoms with Gasteiger partial charge in [0.25, 0.3) is 0 Å². The summed E-state index contributed by atoms with van der Waals surface area (Å²) in [6.45, 7) is 0. The Bertz CT molecular complexity index is 415. The molecule has 4 heteroatoms. The summed E-state index contributed by atoms with van der Waals surface area (Å²) in [4.78, 5) is 13.1. The molecule has 0 saturated heterocycles. The molecule has 1 aliphatic rings. The van der Waals surface area contributed by atoms with Crippen LogP contribution < -0.4 is 15.4 Å². The van der Waals surface area contributed by atoms with Crippen molar-refractivity contribution in [3.63, 3.8) is 0 Å². The van der Waals surface area contributed by atoms with E-state index in [1.54, 1.807) is 19.1 Å². The maximum absolute atomic E-state index is 11.5. The van der Waals surface area contributed by atoms with E-state index in [0.29, 0.717) is 17.9 Å². The van der Waals surface area contributed by atoms with E-state index in [1.807, 2.05) is 12.1 Å². The van der Waals surface area contributed by atoms with Gasteiger partial charge in [-0.2, -0.15) is 0 Å². The molecular weight excluding hydrogens is 192 g/mol. The molecule has 0 bridgehead atoms. The Hall–Kier alpha value is -1.71. The number of amides is 1. The molecule has 1 aromatic carbocycles. The van der Waals surface area contributed by atoms with Gasteiger partial charge >= 0.3 is 0 Å². The van der Waals surface area contributed by atoms with Crippen LogP contribution >= 0.6 is 0 Å². The number of hydrogen-bond acceptors (Lipinski definition) is 3. The number of carbonyl (C=O) groups is 1. The van der Waals surface area contributed by atoms with Gasteiger partial charge < -0.3 is 15.4 Å². The Balaban J connectivity index is 2.53. The zero-order valence-corrected chi connectivity index (χ0v) is 8.91. The number of rotatable bonds is 1. The van der Waals surface area contributed by atoms with Crippen molar-refractivity contribution in [1.82, 2.24) is 0 Å². The van der Waals surface area contributed by atoms with Crippen LogP contribution in [0, 0.1) is 0 Å². The molecule has 0 fully saturated rings. The number of benzene rings is 1. The predicted octanol–water partition coefficient (Wildman–Crippen LogP) is 1.19. The molecule has 0 saturated carbocycles. The molecular formula is C11H14N2O2. The third-order valence-electron chi connectivity index (χ3n) is 2.77. The second-order valence-corrected chi connectivity index (χ2v) is 3.68. The largest absolute Gasteiger partial charge is 0.495 e. The number of hydrogen-bond donors (Lipinski definition) is 1. The number of methoxy groups -OCH3 is 1. The summed E-state index contributed by atoms with van der Waals surface area (Å²) in [6, 6.07) is 3.71. The zero-order valence-electron chi connectivity index (χ0n) is 8.91. The Morgan fingerprint density at radius 3 is 2.80 bits per heavy atom. The summed E-state index contributed by atoms with van der Waals surface area (Å²) in [5, 5.41) is 0. The van der Waals surface area contributed by atoms with Crippen molar-refractivity contribution < 1.29 is 9.53 Å². The number of carbonyl (C=O) groups excluding carboxylic acids is 1. The lowest BCUT2D eigenvalue weighted by Gasteiger charge is -2.26. The monoisotopic (exact) mass is 206 g/mol. The lowest BCUT2D eigenvalue weighted by Crippen LogP contribution is -2.31. The number of ether oxygens (including phenoxy) is 1. The molecule has 1 heterocycles. The van der Waals surface area contributed by atoms with Gasteiger partial charge in [-0.15, -0.1) is 0 Å². The average molecular weight is 206 g/mol. The highest BCUT2D eigenvalue weighted by atomic mass is 16.5. The van der Waals surface area contributed by atoms with Crippen molar-refractivity contribution in [2.75, 3.05) is 24.8 Å². The maximum atomic E-state index is 11.5. The first-order valence-corrected chi connectivity index (χ1v) is 4.86. The standard InChI is InChI=1S/C11H14N2O2/c1-13-9-6-10(15-2)8(12)5-7(9)3-4-11(13)14/h5-6H,3-4,12H2,1-2H3. The van der Waals surface area contributed by atoms with Gasteiger partial charge in [-0.1, -0.05) is 0 Å². The van der Waals surface area contributed by atoms with Crippen LogP contribution in [0.5, 0.6) is 5.75 Å². The number of fused-ring (bicyclic) bond motifs is 1. The molecule has 2 rings (SSSR count). The van der Waals surface area contributed by atoms with Gasteiger partial charge in [0.2, 0.25) is 5.91 Å². The van der Waals surface area contributed by atoms with Crippen molar-refractivity contribution >= 4 is 17.3 Å². The summed E-state index contributed by atoms with van der Waals surface area (Å²) < 4.78 is 5.13. The molecule has 2 N–H and O–H groups in total. The number of aryl methyl sites for hydroxylation is 1. The molecule has 0 radical (unpaired) electrons. The first kappa shape index (κ1) is 9.83. The molecule has 0 spiro atoms. The van der Waals surface area contributed by atoms with Gasteiger partial charge in [-0.25, -0.2) is 0 Å². The number of nitrogens with two attached hydrogens (primary N) is 1. The molecule has 1 aliphatic heterocycles. The fourth-order valence-corrected chi connectivity index (χ4v) is 1.87. The first-order chi connectivity index (χ1) is 7.13. The second kappa shape index (κ2) is 3.46. The summed E-state index contributed by atoms with van der Waals surface area (Å²) in [5.74, 6) is 0.754. The summed E-state index contributed by atoms with van der Waals surface area (Å²) in [5.41, 5.74) is 8.44. The van der Waals surface area contributed by atoms with E-state index in [-0.39, 0.29) is 5.91 Å². The lowest BCUT2D eigenvalue weighted by molar-refractivity contribution is -0.118. The van der Waals surface area contributed by atoms with Crippen LogP contribution in [0.25, 0.3) is 0 Å². The number of anilines is 2. The van der Waals surface area contributed by atoms with Crippen LogP contribution in [-0.4, -0.2) is 20.1 Å². The van der Waals surface area contributed by atoms with Crippen molar-refractivity contribution in [2.24, 2.45) is 0 Å². The molecule has 1 aromatic rings. The lowest BCUT2D eigenvalue weighted by atomic mass is 10.0. The Labute approximate surface area is 88.6 Å². The Morgan fingerprint density at radius 1 is 1.40 bits per heavy atom. The van der Waals surface area contributed by atoms with E-state index in [0.717, 1.165) is 17.7 Å². The molecule has 15 heavy (non-hydrogen) atoms. The minimum absolute atomic E-state index is 0.134. The van der Waals surface area contributed by atoms with Crippen LogP contribution in [0.15, 0.2) is 12.1 Å². The molecule has 0 aromatic heterocycles. The van der Waals surface area contributed by atoms with Crippen molar-refractivity contribution in [2.45, 2.75) is 12.8 Å². The van der Waals surface area contributed by atoms with Crippen LogP contribution in [-0.2, 0) is 11.2 Å². The summed E-state index contributed by atoms with van der Waals surface area (Å²) >= 11 is 0. The van der Waals surface area contributed by atoms with Crippen LogP contribution in [0.4, 0.5) is 11.4 Å². The third kappa shape index (κ3) is 1.52. The van der Waals surface area contributed by atoms with Gasteiger partial charge in [0.1, 0.15) is 5.75 Å². The maximum Gasteiger partial charge on any atom is 0.227 e. The van der Waals surface area contributed by atoms with Crippen LogP contribution in [0.2, 0.25) is 0 Å². The average Bonchev–Trinajstić information content (AvgIpc) is 2.23. The second-order valence-electron chi connectivity index (χ2n) is 3.68. The van der Waals surface area contributed by atoms with Gasteiger partial charge in [0, 0.05) is 19.5 Å². The highest BCUT2D eigenvalue weighted by Crippen LogP contribution is 2.34. The van der Waals surface area contributed by atoms with Crippen molar-refractivity contribution in [3.8, 4) is 5.75 Å². The van der Waals surface area contributed by atoms with Crippen LogP contribution in [0.1, 0.15) is 12.0 Å². The first-order valence-electron chi connectivity index (χ1n) is 4.86. The van der Waals surface area contributed by atoms with Gasteiger partial charge in [-0.05, 0) is 18.1 Å². The normalized spacial score (nSPS) is 15.1. The van der Waals surface area contributed by atoms with Crippen molar-refractivity contribution in [3.05, 3.63) is 17.7 Å². The number of nitrogen functional groups attached to an aromatic ring is 1. The zero-order chi connectivity index (χ0) is 11.0. The SMILES string of the molecule is COc1cc2c(cc1N)CCC(=O)N2C.